The van der Waals surface area contributed by atoms with Crippen molar-refractivity contribution >= 4 is 0 Å². The van der Waals surface area contributed by atoms with Crippen molar-refractivity contribution in [1.82, 2.24) is 5.32 Å². The second kappa shape index (κ2) is 4.69. The van der Waals surface area contributed by atoms with Crippen LogP contribution in [0.1, 0.15) is 43.4 Å². The molecule has 1 saturated heterocycles. The van der Waals surface area contributed by atoms with Gasteiger partial charge in [-0.15, -0.1) is 0 Å². The van der Waals surface area contributed by atoms with Crippen LogP contribution in [0.3, 0.4) is 0 Å². The van der Waals surface area contributed by atoms with Gasteiger partial charge in [-0.25, -0.2) is 0 Å². The summed E-state index contributed by atoms with van der Waals surface area (Å²) in [5.74, 6) is 0. The minimum atomic E-state index is -4.25. The van der Waals surface area contributed by atoms with Crippen molar-refractivity contribution < 1.29 is 13.2 Å². The Morgan fingerprint density at radius 2 is 2.00 bits per heavy atom. The lowest BCUT2D eigenvalue weighted by Crippen LogP contribution is -2.34. The second-order valence-electron chi connectivity index (χ2n) is 4.67. The molecule has 17 heavy (non-hydrogen) atoms. The largest absolute Gasteiger partial charge is 0.416 e. The van der Waals surface area contributed by atoms with Crippen LogP contribution in [0, 0.1) is 0 Å². The minimum Gasteiger partial charge on any atom is -0.307 e. The first-order valence-corrected chi connectivity index (χ1v) is 5.90. The van der Waals surface area contributed by atoms with E-state index >= 15 is 0 Å². The Kier molecular flexibility index (Phi) is 3.43. The molecule has 1 nitrogen and oxygen atoms in total. The Morgan fingerprint density at radius 1 is 1.24 bits per heavy atom. The van der Waals surface area contributed by atoms with E-state index in [9.17, 15) is 13.2 Å². The summed E-state index contributed by atoms with van der Waals surface area (Å²) >= 11 is 0. The first-order chi connectivity index (χ1) is 7.97. The fraction of sp³-hybridized carbons (Fsp3) is 0.538. The molecule has 1 N–H and O–H groups in total. The van der Waals surface area contributed by atoms with Crippen molar-refractivity contribution in [2.45, 2.75) is 44.4 Å². The summed E-state index contributed by atoms with van der Waals surface area (Å²) in [6.45, 7) is 2.07. The zero-order valence-corrected chi connectivity index (χ0v) is 9.72. The molecule has 0 amide bonds. The molecule has 1 fully saturated rings. The van der Waals surface area contributed by atoms with Gasteiger partial charge in [0.1, 0.15) is 0 Å². The number of nitrogens with one attached hydrogen (secondary N) is 1. The van der Waals surface area contributed by atoms with Gasteiger partial charge in [-0.05, 0) is 37.5 Å². The number of hydrogen-bond acceptors (Lipinski definition) is 1. The van der Waals surface area contributed by atoms with Crippen molar-refractivity contribution in [2.24, 2.45) is 0 Å². The van der Waals surface area contributed by atoms with Crippen LogP contribution >= 0.6 is 0 Å². The molecule has 1 aliphatic heterocycles. The van der Waals surface area contributed by atoms with E-state index in [0.717, 1.165) is 30.9 Å². The fourth-order valence-corrected chi connectivity index (χ4v) is 2.33. The molecule has 1 aliphatic rings. The molecule has 1 aromatic carbocycles. The van der Waals surface area contributed by atoms with Crippen LogP contribution < -0.4 is 5.32 Å². The van der Waals surface area contributed by atoms with Gasteiger partial charge >= 0.3 is 6.18 Å². The number of benzene rings is 1. The molecule has 0 spiro atoms. The standard InChI is InChI=1S/C13H16F3N/c1-9-4-2-7-12(17-9)10-5-3-6-11(8-10)13(14,15)16/h3,5-6,8-9,12,17H,2,4,7H2,1H3. The van der Waals surface area contributed by atoms with Gasteiger partial charge in [-0.1, -0.05) is 18.6 Å². The molecule has 94 valence electrons. The molecule has 0 aromatic heterocycles. The number of halogens is 3. The van der Waals surface area contributed by atoms with Crippen molar-refractivity contribution in [3.8, 4) is 0 Å². The molecular weight excluding hydrogens is 227 g/mol. The second-order valence-corrected chi connectivity index (χ2v) is 4.67. The van der Waals surface area contributed by atoms with Gasteiger partial charge < -0.3 is 5.32 Å². The molecule has 4 heteroatoms. The maximum absolute atomic E-state index is 12.6. The van der Waals surface area contributed by atoms with Gasteiger partial charge in [-0.3, -0.25) is 0 Å². The zero-order valence-electron chi connectivity index (χ0n) is 9.72. The van der Waals surface area contributed by atoms with E-state index in [-0.39, 0.29) is 6.04 Å². The first kappa shape index (κ1) is 12.4. The molecule has 0 aliphatic carbocycles. The van der Waals surface area contributed by atoms with Gasteiger partial charge in [0.2, 0.25) is 0 Å². The third kappa shape index (κ3) is 3.00. The van der Waals surface area contributed by atoms with Gasteiger partial charge in [0, 0.05) is 12.1 Å². The Morgan fingerprint density at radius 3 is 2.65 bits per heavy atom. The summed E-state index contributed by atoms with van der Waals surface area (Å²) in [4.78, 5) is 0. The third-order valence-corrected chi connectivity index (χ3v) is 3.23. The van der Waals surface area contributed by atoms with Crippen LogP contribution in [-0.2, 0) is 6.18 Å². The molecule has 2 atom stereocenters. The number of alkyl halides is 3. The van der Waals surface area contributed by atoms with Crippen molar-refractivity contribution in [2.75, 3.05) is 0 Å². The predicted octanol–water partition coefficient (Wildman–Crippen LogP) is 3.91. The van der Waals surface area contributed by atoms with Crippen LogP contribution in [0.2, 0.25) is 0 Å². The topological polar surface area (TPSA) is 12.0 Å². The quantitative estimate of drug-likeness (QED) is 0.788. The summed E-state index contributed by atoms with van der Waals surface area (Å²) < 4.78 is 37.8. The Hall–Kier alpha value is -1.03. The van der Waals surface area contributed by atoms with Crippen molar-refractivity contribution in [3.63, 3.8) is 0 Å². The number of piperidine rings is 1. The van der Waals surface area contributed by atoms with Gasteiger partial charge in [0.05, 0.1) is 5.56 Å². The molecule has 1 aromatic rings. The van der Waals surface area contributed by atoms with Gasteiger partial charge in [-0.2, -0.15) is 13.2 Å². The molecule has 1 heterocycles. The SMILES string of the molecule is CC1CCCC(c2cccc(C(F)(F)F)c2)N1. The summed E-state index contributed by atoms with van der Waals surface area (Å²) in [5, 5.41) is 3.34. The molecule has 2 rings (SSSR count). The smallest absolute Gasteiger partial charge is 0.307 e. The Labute approximate surface area is 99.0 Å². The molecule has 2 unspecified atom stereocenters. The van der Waals surface area contributed by atoms with Crippen LogP contribution in [0.15, 0.2) is 24.3 Å². The number of rotatable bonds is 1. The maximum atomic E-state index is 12.6. The molecule has 0 saturated carbocycles. The molecule has 0 bridgehead atoms. The fourth-order valence-electron chi connectivity index (χ4n) is 2.33. The summed E-state index contributed by atoms with van der Waals surface area (Å²) in [5.41, 5.74) is 0.182. The number of hydrogen-bond donors (Lipinski definition) is 1. The van der Waals surface area contributed by atoms with Crippen LogP contribution in [0.25, 0.3) is 0 Å². The monoisotopic (exact) mass is 243 g/mol. The average molecular weight is 243 g/mol. The van der Waals surface area contributed by atoms with Crippen molar-refractivity contribution in [1.29, 1.82) is 0 Å². The van der Waals surface area contributed by atoms with E-state index in [1.54, 1.807) is 6.07 Å². The van der Waals surface area contributed by atoms with E-state index < -0.39 is 11.7 Å². The van der Waals surface area contributed by atoms with E-state index in [4.69, 9.17) is 0 Å². The van der Waals surface area contributed by atoms with Gasteiger partial charge in [0.25, 0.3) is 0 Å². The lowest BCUT2D eigenvalue weighted by atomic mass is 9.93. The summed E-state index contributed by atoms with van der Waals surface area (Å²) in [6, 6.07) is 6.07. The Bertz CT molecular complexity index is 386. The van der Waals surface area contributed by atoms with E-state index in [0.29, 0.717) is 6.04 Å². The zero-order chi connectivity index (χ0) is 12.5. The van der Waals surface area contributed by atoms with E-state index in [1.165, 1.54) is 12.1 Å². The predicted molar refractivity (Wildman–Crippen MR) is 60.6 cm³/mol. The molecule has 0 radical (unpaired) electrons. The normalized spacial score (nSPS) is 25.9. The third-order valence-electron chi connectivity index (χ3n) is 3.23. The maximum Gasteiger partial charge on any atom is 0.416 e. The Balaban J connectivity index is 2.21. The highest BCUT2D eigenvalue weighted by atomic mass is 19.4. The first-order valence-electron chi connectivity index (χ1n) is 5.90. The highest BCUT2D eigenvalue weighted by Crippen LogP contribution is 2.32. The summed E-state index contributed by atoms with van der Waals surface area (Å²) in [7, 11) is 0. The average Bonchev–Trinajstić information content (AvgIpc) is 2.28. The lowest BCUT2D eigenvalue weighted by Gasteiger charge is -2.29. The van der Waals surface area contributed by atoms with Crippen molar-refractivity contribution in [3.05, 3.63) is 35.4 Å². The minimum absolute atomic E-state index is 0.0565. The highest BCUT2D eigenvalue weighted by molar-refractivity contribution is 5.28. The highest BCUT2D eigenvalue weighted by Gasteiger charge is 2.31. The summed E-state index contributed by atoms with van der Waals surface area (Å²) in [6.07, 6.45) is -1.19. The lowest BCUT2D eigenvalue weighted by molar-refractivity contribution is -0.137. The molecular formula is C13H16F3N. The van der Waals surface area contributed by atoms with E-state index in [1.807, 2.05) is 0 Å². The van der Waals surface area contributed by atoms with Crippen LogP contribution in [-0.4, -0.2) is 6.04 Å². The van der Waals surface area contributed by atoms with Crippen LogP contribution in [0.5, 0.6) is 0 Å². The van der Waals surface area contributed by atoms with Gasteiger partial charge in [0.15, 0.2) is 0 Å². The van der Waals surface area contributed by atoms with E-state index in [2.05, 4.69) is 12.2 Å². The van der Waals surface area contributed by atoms with Crippen LogP contribution in [0.4, 0.5) is 13.2 Å².